The molecule has 6 nitrogen and oxygen atoms in total. The molecule has 0 aliphatic heterocycles. The molecule has 2 saturated carbocycles. The molecule has 0 spiro atoms. The lowest BCUT2D eigenvalue weighted by Gasteiger charge is -2.61. The number of aliphatic hydroxyl groups is 4. The van der Waals surface area contributed by atoms with Crippen molar-refractivity contribution in [2.75, 3.05) is 6.61 Å². The zero-order valence-corrected chi connectivity index (χ0v) is 16.4. The van der Waals surface area contributed by atoms with E-state index in [-0.39, 0.29) is 30.6 Å². The zero-order valence-electron chi connectivity index (χ0n) is 16.4. The summed E-state index contributed by atoms with van der Waals surface area (Å²) < 4.78 is 31.9. The smallest absolute Gasteiger partial charge is 0.192 e. The normalized spacial score (nSPS) is 51.5. The largest absolute Gasteiger partial charge is 0.390 e. The fourth-order valence-electron chi connectivity index (χ4n) is 6.82. The van der Waals surface area contributed by atoms with E-state index in [1.165, 1.54) is 26.0 Å². The van der Waals surface area contributed by atoms with Crippen LogP contribution in [-0.4, -0.2) is 62.1 Å². The fraction of sp³-hybridized carbons (Fsp3) is 0.714. The number of halogens is 2. The molecule has 4 aliphatic rings. The Labute approximate surface area is 166 Å². The standard InChI is InChI=1S/C21H26F2O6/c1-18-4-3-10(25)5-13(18)14(22)6-12-11-7-15(26)21(29,17(28)9-24)19(11,2)8-16(27)20(12,18)23/h3-4,11-12,15-16,24,26-27,29H,5-9H2,1-2H3/t11-,12-,15?,16-,18-,19-,20-,21?/m0/s1. The zero-order chi connectivity index (χ0) is 21.6. The van der Waals surface area contributed by atoms with Crippen LogP contribution in [0.1, 0.15) is 39.5 Å². The van der Waals surface area contributed by atoms with Gasteiger partial charge in [0.2, 0.25) is 0 Å². The molecule has 29 heavy (non-hydrogen) atoms. The number of rotatable bonds is 2. The summed E-state index contributed by atoms with van der Waals surface area (Å²) in [4.78, 5) is 24.2. The van der Waals surface area contributed by atoms with Gasteiger partial charge in [0, 0.05) is 29.6 Å². The number of alkyl halides is 1. The number of ketones is 2. The minimum atomic E-state index is -2.37. The third-order valence-electron chi connectivity index (χ3n) is 8.45. The lowest BCUT2D eigenvalue weighted by Crippen LogP contribution is -2.69. The molecule has 0 aromatic carbocycles. The maximum atomic E-state index is 16.8. The maximum Gasteiger partial charge on any atom is 0.192 e. The van der Waals surface area contributed by atoms with Crippen LogP contribution in [0.5, 0.6) is 0 Å². The Morgan fingerprint density at radius 2 is 1.90 bits per heavy atom. The van der Waals surface area contributed by atoms with E-state index in [4.69, 9.17) is 0 Å². The Morgan fingerprint density at radius 3 is 2.52 bits per heavy atom. The molecule has 4 aliphatic carbocycles. The molecule has 2 fully saturated rings. The van der Waals surface area contributed by atoms with Crippen LogP contribution in [0.25, 0.3) is 0 Å². The Morgan fingerprint density at radius 1 is 1.24 bits per heavy atom. The number of hydrogen-bond acceptors (Lipinski definition) is 6. The number of carbonyl (C=O) groups is 2. The van der Waals surface area contributed by atoms with Crippen molar-refractivity contribution in [2.45, 2.75) is 63.0 Å². The highest BCUT2D eigenvalue weighted by Crippen LogP contribution is 2.70. The van der Waals surface area contributed by atoms with Crippen molar-refractivity contribution in [1.29, 1.82) is 0 Å². The van der Waals surface area contributed by atoms with Crippen molar-refractivity contribution in [3.63, 3.8) is 0 Å². The first-order valence-electron chi connectivity index (χ1n) is 9.89. The van der Waals surface area contributed by atoms with Crippen LogP contribution in [0.15, 0.2) is 23.6 Å². The first-order valence-corrected chi connectivity index (χ1v) is 9.89. The van der Waals surface area contributed by atoms with E-state index in [2.05, 4.69) is 0 Å². The van der Waals surface area contributed by atoms with E-state index in [0.29, 0.717) is 0 Å². The summed E-state index contributed by atoms with van der Waals surface area (Å²) >= 11 is 0. The van der Waals surface area contributed by atoms with Gasteiger partial charge in [0.25, 0.3) is 0 Å². The van der Waals surface area contributed by atoms with Crippen LogP contribution in [0, 0.1) is 22.7 Å². The van der Waals surface area contributed by atoms with Crippen LogP contribution in [0.4, 0.5) is 8.78 Å². The van der Waals surface area contributed by atoms with Crippen molar-refractivity contribution in [3.05, 3.63) is 23.6 Å². The van der Waals surface area contributed by atoms with Gasteiger partial charge < -0.3 is 20.4 Å². The van der Waals surface area contributed by atoms with Gasteiger partial charge in [-0.25, -0.2) is 8.78 Å². The topological polar surface area (TPSA) is 115 Å². The predicted octanol–water partition coefficient (Wildman–Crippen LogP) is 0.918. The highest BCUT2D eigenvalue weighted by molar-refractivity contribution is 5.94. The van der Waals surface area contributed by atoms with E-state index in [0.717, 1.165) is 0 Å². The van der Waals surface area contributed by atoms with E-state index in [1.54, 1.807) is 0 Å². The van der Waals surface area contributed by atoms with Gasteiger partial charge in [-0.15, -0.1) is 0 Å². The number of hydrogen-bond donors (Lipinski definition) is 4. The first kappa shape index (κ1) is 20.8. The number of aliphatic hydroxyl groups excluding tert-OH is 3. The fourth-order valence-corrected chi connectivity index (χ4v) is 6.82. The molecule has 0 aromatic rings. The van der Waals surface area contributed by atoms with E-state index in [1.807, 2.05) is 0 Å². The number of carbonyl (C=O) groups excluding carboxylic acids is 2. The van der Waals surface area contributed by atoms with Crippen LogP contribution < -0.4 is 0 Å². The summed E-state index contributed by atoms with van der Waals surface area (Å²) in [5.74, 6) is -3.92. The van der Waals surface area contributed by atoms with Gasteiger partial charge >= 0.3 is 0 Å². The number of allylic oxidation sites excluding steroid dienone is 4. The van der Waals surface area contributed by atoms with Gasteiger partial charge in [0.15, 0.2) is 22.8 Å². The first-order chi connectivity index (χ1) is 13.4. The average Bonchev–Trinajstić information content (AvgIpc) is 2.86. The third-order valence-corrected chi connectivity index (χ3v) is 8.45. The lowest BCUT2D eigenvalue weighted by atomic mass is 9.45. The molecular weight excluding hydrogens is 386 g/mol. The van der Waals surface area contributed by atoms with Crippen LogP contribution in [0.3, 0.4) is 0 Å². The Hall–Kier alpha value is -1.48. The quantitative estimate of drug-likeness (QED) is 0.536. The molecule has 0 bridgehead atoms. The molecule has 4 rings (SSSR count). The molecule has 0 heterocycles. The summed E-state index contributed by atoms with van der Waals surface area (Å²) in [5, 5.41) is 42.0. The highest BCUT2D eigenvalue weighted by atomic mass is 19.1. The molecule has 0 aromatic heterocycles. The minimum Gasteiger partial charge on any atom is -0.390 e. The summed E-state index contributed by atoms with van der Waals surface area (Å²) in [5.41, 5.74) is -7.69. The second kappa shape index (κ2) is 6.03. The van der Waals surface area contributed by atoms with Crippen LogP contribution >= 0.6 is 0 Å². The molecule has 8 atom stereocenters. The van der Waals surface area contributed by atoms with Gasteiger partial charge in [-0.1, -0.05) is 13.0 Å². The Kier molecular flexibility index (Phi) is 4.32. The summed E-state index contributed by atoms with van der Waals surface area (Å²) in [7, 11) is 0. The van der Waals surface area contributed by atoms with Crippen molar-refractivity contribution in [2.24, 2.45) is 22.7 Å². The summed E-state index contributed by atoms with van der Waals surface area (Å²) in [6.45, 7) is 1.92. The molecule has 2 unspecified atom stereocenters. The van der Waals surface area contributed by atoms with Gasteiger partial charge in [0.05, 0.1) is 12.2 Å². The lowest BCUT2D eigenvalue weighted by molar-refractivity contribution is -0.219. The SMILES string of the molecule is C[C@]12C[C@H](O)[C@@]3(F)[C@@H](CC(F)=C4CC(=O)C=C[C@@]43C)[C@@H]1CC(O)C2(O)C(=O)CO. The van der Waals surface area contributed by atoms with Crippen molar-refractivity contribution < 1.29 is 38.8 Å². The molecule has 0 saturated heterocycles. The highest BCUT2D eigenvalue weighted by Gasteiger charge is 2.76. The Bertz CT molecular complexity index is 854. The van der Waals surface area contributed by atoms with Gasteiger partial charge in [-0.3, -0.25) is 9.59 Å². The third kappa shape index (κ3) is 2.18. The van der Waals surface area contributed by atoms with Gasteiger partial charge in [0.1, 0.15) is 12.4 Å². The number of fused-ring (bicyclic) bond motifs is 5. The van der Waals surface area contributed by atoms with Crippen LogP contribution in [0.2, 0.25) is 0 Å². The summed E-state index contributed by atoms with van der Waals surface area (Å²) in [6, 6.07) is 0. The monoisotopic (exact) mass is 412 g/mol. The van der Waals surface area contributed by atoms with Crippen LogP contribution in [-0.2, 0) is 9.59 Å². The molecule has 8 heteroatoms. The summed E-state index contributed by atoms with van der Waals surface area (Å²) in [6.07, 6.45) is -1.91. The van der Waals surface area contributed by atoms with Gasteiger partial charge in [-0.05, 0) is 37.3 Å². The van der Waals surface area contributed by atoms with Crippen molar-refractivity contribution >= 4 is 11.6 Å². The average molecular weight is 412 g/mol. The van der Waals surface area contributed by atoms with Crippen molar-refractivity contribution in [1.82, 2.24) is 0 Å². The molecule has 160 valence electrons. The predicted molar refractivity (Wildman–Crippen MR) is 96.8 cm³/mol. The van der Waals surface area contributed by atoms with E-state index in [9.17, 15) is 30.0 Å². The second-order valence-electron chi connectivity index (χ2n) is 9.48. The van der Waals surface area contributed by atoms with Crippen molar-refractivity contribution in [3.8, 4) is 0 Å². The van der Waals surface area contributed by atoms with E-state index >= 15 is 8.78 Å². The molecule has 0 amide bonds. The van der Waals surface area contributed by atoms with Gasteiger partial charge in [-0.2, -0.15) is 0 Å². The minimum absolute atomic E-state index is 0.0200. The Balaban J connectivity index is 1.89. The molecular formula is C21H26F2O6. The van der Waals surface area contributed by atoms with E-state index < -0.39 is 70.8 Å². The second-order valence-corrected chi connectivity index (χ2v) is 9.48. The molecule has 4 N–H and O–H groups in total. The maximum absolute atomic E-state index is 16.8. The number of Topliss-reactive ketones (excluding diaryl/α,β-unsaturated/α-hetero) is 1. The molecule has 0 radical (unpaired) electrons.